The largest absolute Gasteiger partial charge is 0.464 e. The minimum Gasteiger partial charge on any atom is -0.464 e. The number of aryl methyl sites for hydroxylation is 1. The topological polar surface area (TPSA) is 50.8 Å². The van der Waals surface area contributed by atoms with E-state index in [0.29, 0.717) is 12.3 Å². The van der Waals surface area contributed by atoms with Gasteiger partial charge in [-0.25, -0.2) is 4.98 Å². The zero-order chi connectivity index (χ0) is 18.1. The average Bonchev–Trinajstić information content (AvgIpc) is 3.27. The van der Waals surface area contributed by atoms with Crippen molar-refractivity contribution in [3.8, 4) is 0 Å². The van der Waals surface area contributed by atoms with Crippen LogP contribution >= 0.6 is 0 Å². The molecular formula is C21H25N3O2. The summed E-state index contributed by atoms with van der Waals surface area (Å²) in [6.45, 7) is 5.11. The molecular weight excluding hydrogens is 326 g/mol. The van der Waals surface area contributed by atoms with Crippen LogP contribution in [0.5, 0.6) is 0 Å². The summed E-state index contributed by atoms with van der Waals surface area (Å²) in [4.78, 5) is 19.6. The summed E-state index contributed by atoms with van der Waals surface area (Å²) in [5.41, 5.74) is 1.69. The molecule has 0 aromatic carbocycles. The molecule has 5 nitrogen and oxygen atoms in total. The number of carbonyl (C=O) groups excluding carboxylic acids is 1. The number of rotatable bonds is 4. The second kappa shape index (κ2) is 6.98. The average molecular weight is 351 g/mol. The molecule has 0 aliphatic carbocycles. The van der Waals surface area contributed by atoms with Crippen molar-refractivity contribution in [3.63, 3.8) is 0 Å². The molecule has 0 saturated carbocycles. The Balaban J connectivity index is 1.55. The van der Waals surface area contributed by atoms with Gasteiger partial charge in [0.25, 0.3) is 0 Å². The van der Waals surface area contributed by atoms with Gasteiger partial charge in [0.1, 0.15) is 17.2 Å². The quantitative estimate of drug-likeness (QED) is 0.713. The van der Waals surface area contributed by atoms with Crippen molar-refractivity contribution in [2.24, 2.45) is 5.92 Å². The van der Waals surface area contributed by atoms with Crippen molar-refractivity contribution in [3.05, 3.63) is 59.9 Å². The Morgan fingerprint density at radius 3 is 2.96 bits per heavy atom. The second-order valence-electron chi connectivity index (χ2n) is 7.27. The molecule has 0 radical (unpaired) electrons. The lowest BCUT2D eigenvalue weighted by Crippen LogP contribution is -2.41. The Morgan fingerprint density at radius 2 is 2.19 bits per heavy atom. The third-order valence-corrected chi connectivity index (χ3v) is 5.29. The third-order valence-electron chi connectivity index (χ3n) is 5.29. The lowest BCUT2D eigenvalue weighted by Gasteiger charge is -2.37. The Kier molecular flexibility index (Phi) is 4.53. The van der Waals surface area contributed by atoms with Crippen LogP contribution in [0.3, 0.4) is 0 Å². The zero-order valence-corrected chi connectivity index (χ0v) is 15.4. The highest BCUT2D eigenvalue weighted by molar-refractivity contribution is 5.79. The van der Waals surface area contributed by atoms with Crippen molar-refractivity contribution < 1.29 is 9.21 Å². The van der Waals surface area contributed by atoms with Gasteiger partial charge < -0.3 is 13.7 Å². The number of piperidine rings is 1. The van der Waals surface area contributed by atoms with Crippen LogP contribution in [-0.4, -0.2) is 26.7 Å². The predicted octanol–water partition coefficient (Wildman–Crippen LogP) is 4.03. The van der Waals surface area contributed by atoms with Gasteiger partial charge in [-0.2, -0.15) is 0 Å². The molecule has 136 valence electrons. The molecule has 0 N–H and O–H groups in total. The molecule has 2 atom stereocenters. The normalized spacial score (nSPS) is 20.6. The van der Waals surface area contributed by atoms with Crippen LogP contribution in [0.2, 0.25) is 0 Å². The number of fused-ring (bicyclic) bond motifs is 1. The second-order valence-corrected chi connectivity index (χ2v) is 7.27. The van der Waals surface area contributed by atoms with E-state index in [0.717, 1.165) is 48.7 Å². The molecule has 3 aromatic rings. The Morgan fingerprint density at radius 1 is 1.31 bits per heavy atom. The molecule has 1 saturated heterocycles. The first-order valence-electron chi connectivity index (χ1n) is 9.44. The van der Waals surface area contributed by atoms with E-state index in [9.17, 15) is 4.79 Å². The van der Waals surface area contributed by atoms with Crippen LogP contribution in [0.4, 0.5) is 0 Å². The number of hydrogen-bond donors (Lipinski definition) is 0. The van der Waals surface area contributed by atoms with Gasteiger partial charge in [-0.05, 0) is 43.0 Å². The molecule has 0 spiro atoms. The molecule has 4 heterocycles. The van der Waals surface area contributed by atoms with E-state index in [2.05, 4.69) is 18.8 Å². The minimum absolute atomic E-state index is 0.0311. The van der Waals surface area contributed by atoms with Crippen LogP contribution in [0, 0.1) is 5.92 Å². The molecule has 1 aliphatic heterocycles. The number of carbonyl (C=O) groups is 1. The number of amides is 1. The van der Waals surface area contributed by atoms with Gasteiger partial charge in [0.15, 0.2) is 0 Å². The summed E-state index contributed by atoms with van der Waals surface area (Å²) in [6.07, 6.45) is 7.08. The van der Waals surface area contributed by atoms with Crippen molar-refractivity contribution in [1.29, 1.82) is 0 Å². The van der Waals surface area contributed by atoms with E-state index in [1.165, 1.54) is 0 Å². The molecule has 5 heteroatoms. The summed E-state index contributed by atoms with van der Waals surface area (Å²) in [5.74, 6) is 2.61. The first kappa shape index (κ1) is 16.9. The number of imidazole rings is 1. The maximum absolute atomic E-state index is 13.0. The molecule has 4 rings (SSSR count). The van der Waals surface area contributed by atoms with Gasteiger partial charge in [0.2, 0.25) is 5.91 Å². The standard InChI is InChI=1S/C21H25N3O2/c1-3-17-7-8-19(26-17)18-12-15(2)9-11-24(18)21(25)13-16-14-23-10-5-4-6-20(23)22-16/h4-8,10,14-15,18H,3,9,11-13H2,1-2H3. The SMILES string of the molecule is CCc1ccc(C2CC(C)CCN2C(=O)Cc2cn3ccccc3n2)o1. The Labute approximate surface area is 153 Å². The number of pyridine rings is 1. The maximum atomic E-state index is 13.0. The predicted molar refractivity (Wildman–Crippen MR) is 99.8 cm³/mol. The first-order chi connectivity index (χ1) is 12.6. The lowest BCUT2D eigenvalue weighted by molar-refractivity contribution is -0.135. The summed E-state index contributed by atoms with van der Waals surface area (Å²) < 4.78 is 7.94. The van der Waals surface area contributed by atoms with E-state index >= 15 is 0 Å². The van der Waals surface area contributed by atoms with Crippen LogP contribution in [0.15, 0.2) is 47.1 Å². The van der Waals surface area contributed by atoms with E-state index in [4.69, 9.17) is 4.42 Å². The lowest BCUT2D eigenvalue weighted by atomic mass is 9.90. The van der Waals surface area contributed by atoms with E-state index in [-0.39, 0.29) is 11.9 Å². The zero-order valence-electron chi connectivity index (χ0n) is 15.4. The monoisotopic (exact) mass is 351 g/mol. The van der Waals surface area contributed by atoms with Gasteiger partial charge in [-0.1, -0.05) is 19.9 Å². The molecule has 3 aromatic heterocycles. The maximum Gasteiger partial charge on any atom is 0.229 e. The minimum atomic E-state index is 0.0311. The van der Waals surface area contributed by atoms with Gasteiger partial charge in [0, 0.05) is 25.4 Å². The van der Waals surface area contributed by atoms with E-state index in [1.54, 1.807) is 0 Å². The highest BCUT2D eigenvalue weighted by atomic mass is 16.3. The first-order valence-corrected chi connectivity index (χ1v) is 9.44. The molecule has 1 amide bonds. The van der Waals surface area contributed by atoms with Crippen molar-refractivity contribution >= 4 is 11.6 Å². The van der Waals surface area contributed by atoms with Crippen molar-refractivity contribution in [2.45, 2.75) is 45.6 Å². The highest BCUT2D eigenvalue weighted by Gasteiger charge is 2.33. The van der Waals surface area contributed by atoms with Gasteiger partial charge in [0.05, 0.1) is 18.2 Å². The smallest absolute Gasteiger partial charge is 0.229 e. The fraction of sp³-hybridized carbons (Fsp3) is 0.429. The third kappa shape index (κ3) is 3.26. The van der Waals surface area contributed by atoms with Crippen LogP contribution in [0.25, 0.3) is 5.65 Å². The Bertz CT molecular complexity index is 878. The summed E-state index contributed by atoms with van der Waals surface area (Å²) in [7, 11) is 0. The molecule has 0 bridgehead atoms. The number of nitrogens with zero attached hydrogens (tertiary/aromatic N) is 3. The van der Waals surface area contributed by atoms with Crippen LogP contribution < -0.4 is 0 Å². The van der Waals surface area contributed by atoms with Gasteiger partial charge in [-0.15, -0.1) is 0 Å². The Hall–Kier alpha value is -2.56. The molecule has 1 aliphatic rings. The fourth-order valence-electron chi connectivity index (χ4n) is 3.80. The molecule has 1 fully saturated rings. The van der Waals surface area contributed by atoms with E-state index < -0.39 is 0 Å². The van der Waals surface area contributed by atoms with Gasteiger partial charge in [-0.3, -0.25) is 4.79 Å². The number of likely N-dealkylation sites (tertiary alicyclic amines) is 1. The van der Waals surface area contributed by atoms with Crippen LogP contribution in [-0.2, 0) is 17.6 Å². The molecule has 2 unspecified atom stereocenters. The summed E-state index contributed by atoms with van der Waals surface area (Å²) in [5, 5.41) is 0. The summed E-state index contributed by atoms with van der Waals surface area (Å²) in [6, 6.07) is 9.96. The number of hydrogen-bond acceptors (Lipinski definition) is 3. The van der Waals surface area contributed by atoms with Crippen molar-refractivity contribution in [1.82, 2.24) is 14.3 Å². The summed E-state index contributed by atoms with van der Waals surface area (Å²) >= 11 is 0. The van der Waals surface area contributed by atoms with Crippen molar-refractivity contribution in [2.75, 3.05) is 6.54 Å². The van der Waals surface area contributed by atoms with Crippen LogP contribution in [0.1, 0.15) is 49.9 Å². The van der Waals surface area contributed by atoms with Gasteiger partial charge >= 0.3 is 0 Å². The number of aromatic nitrogens is 2. The highest BCUT2D eigenvalue weighted by Crippen LogP contribution is 2.35. The number of furan rings is 1. The fourth-order valence-corrected chi connectivity index (χ4v) is 3.80. The molecule has 26 heavy (non-hydrogen) atoms. The van der Waals surface area contributed by atoms with E-state index in [1.807, 2.05) is 52.0 Å².